The van der Waals surface area contributed by atoms with E-state index in [1.165, 1.54) is 0 Å². The van der Waals surface area contributed by atoms with E-state index in [0.29, 0.717) is 12.3 Å². The van der Waals surface area contributed by atoms with Crippen molar-refractivity contribution in [3.05, 3.63) is 70.5 Å². The summed E-state index contributed by atoms with van der Waals surface area (Å²) in [6.07, 6.45) is 3.48. The van der Waals surface area contributed by atoms with Crippen LogP contribution >= 0.6 is 15.9 Å². The van der Waals surface area contributed by atoms with Crippen molar-refractivity contribution in [3.8, 4) is 0 Å². The summed E-state index contributed by atoms with van der Waals surface area (Å²) in [4.78, 5) is 4.08. The molecule has 2 aromatic rings. The SMILES string of the molecule is C=C(OC)c1ccc(CNC(CO)c2cccnc2)c(Br)c1. The molecular weight excluding hydrogens is 344 g/mol. The minimum absolute atomic E-state index is 0.0158. The third-order valence-electron chi connectivity index (χ3n) is 3.43. The second-order valence-corrected chi connectivity index (χ2v) is 5.69. The molecule has 2 rings (SSSR count). The molecule has 4 nitrogen and oxygen atoms in total. The van der Waals surface area contributed by atoms with Gasteiger partial charge in [0.15, 0.2) is 0 Å². The molecule has 0 aliphatic rings. The lowest BCUT2D eigenvalue weighted by Gasteiger charge is -2.17. The van der Waals surface area contributed by atoms with Gasteiger partial charge in [0.05, 0.1) is 19.8 Å². The molecule has 1 heterocycles. The molecule has 0 saturated carbocycles. The van der Waals surface area contributed by atoms with Crippen LogP contribution in [0.1, 0.15) is 22.7 Å². The highest BCUT2D eigenvalue weighted by atomic mass is 79.9. The number of rotatable bonds is 7. The van der Waals surface area contributed by atoms with E-state index in [4.69, 9.17) is 4.74 Å². The van der Waals surface area contributed by atoms with Crippen molar-refractivity contribution >= 4 is 21.7 Å². The molecule has 0 aliphatic carbocycles. The molecule has 1 atom stereocenters. The van der Waals surface area contributed by atoms with Gasteiger partial charge in [0.25, 0.3) is 0 Å². The Kier molecular flexibility index (Phi) is 6.12. The Labute approximate surface area is 139 Å². The maximum Gasteiger partial charge on any atom is 0.118 e. The van der Waals surface area contributed by atoms with Gasteiger partial charge in [-0.2, -0.15) is 0 Å². The van der Waals surface area contributed by atoms with Crippen LogP contribution in [0.25, 0.3) is 5.76 Å². The zero-order chi connectivity index (χ0) is 15.9. The first-order chi connectivity index (χ1) is 10.7. The number of benzene rings is 1. The second kappa shape index (κ2) is 8.08. The molecule has 116 valence electrons. The van der Waals surface area contributed by atoms with Crippen molar-refractivity contribution in [3.63, 3.8) is 0 Å². The molecule has 2 N–H and O–H groups in total. The first-order valence-electron chi connectivity index (χ1n) is 6.91. The highest BCUT2D eigenvalue weighted by Gasteiger charge is 2.11. The molecule has 1 aromatic carbocycles. The average Bonchev–Trinajstić information content (AvgIpc) is 2.56. The minimum atomic E-state index is -0.144. The molecule has 1 aromatic heterocycles. The van der Waals surface area contributed by atoms with E-state index < -0.39 is 0 Å². The van der Waals surface area contributed by atoms with Gasteiger partial charge in [-0.3, -0.25) is 4.98 Å². The Morgan fingerprint density at radius 3 is 2.86 bits per heavy atom. The summed E-state index contributed by atoms with van der Waals surface area (Å²) in [7, 11) is 1.60. The van der Waals surface area contributed by atoms with E-state index in [0.717, 1.165) is 21.2 Å². The van der Waals surface area contributed by atoms with Crippen LogP contribution in [0, 0.1) is 0 Å². The van der Waals surface area contributed by atoms with Crippen molar-refractivity contribution in [2.75, 3.05) is 13.7 Å². The molecule has 22 heavy (non-hydrogen) atoms. The third kappa shape index (κ3) is 4.16. The van der Waals surface area contributed by atoms with E-state index in [2.05, 4.69) is 32.8 Å². The summed E-state index contributed by atoms with van der Waals surface area (Å²) in [5.74, 6) is 0.629. The van der Waals surface area contributed by atoms with Crippen molar-refractivity contribution in [2.24, 2.45) is 0 Å². The first kappa shape index (κ1) is 16.7. The number of nitrogens with zero attached hydrogens (tertiary/aromatic N) is 1. The van der Waals surface area contributed by atoms with Crippen LogP contribution in [-0.2, 0) is 11.3 Å². The molecule has 0 bridgehead atoms. The van der Waals surface area contributed by atoms with Gasteiger partial charge in [-0.25, -0.2) is 0 Å². The number of nitrogens with one attached hydrogen (secondary N) is 1. The molecule has 0 spiro atoms. The minimum Gasteiger partial charge on any atom is -0.497 e. The van der Waals surface area contributed by atoms with Gasteiger partial charge in [0, 0.05) is 29.0 Å². The van der Waals surface area contributed by atoms with Crippen LogP contribution in [0.3, 0.4) is 0 Å². The van der Waals surface area contributed by atoms with Crippen LogP contribution in [-0.4, -0.2) is 23.8 Å². The maximum absolute atomic E-state index is 9.55. The van der Waals surface area contributed by atoms with Gasteiger partial charge in [-0.05, 0) is 23.3 Å². The highest BCUT2D eigenvalue weighted by molar-refractivity contribution is 9.10. The number of halogens is 1. The quantitative estimate of drug-likeness (QED) is 0.742. The van der Waals surface area contributed by atoms with Crippen molar-refractivity contribution < 1.29 is 9.84 Å². The smallest absolute Gasteiger partial charge is 0.118 e. The molecule has 5 heteroatoms. The summed E-state index contributed by atoms with van der Waals surface area (Å²) in [6, 6.07) is 9.61. The number of aliphatic hydroxyl groups excluding tert-OH is 1. The Balaban J connectivity index is 2.06. The lowest BCUT2D eigenvalue weighted by atomic mass is 10.1. The summed E-state index contributed by atoms with van der Waals surface area (Å²) < 4.78 is 6.10. The van der Waals surface area contributed by atoms with E-state index in [9.17, 15) is 5.11 Å². The van der Waals surface area contributed by atoms with Gasteiger partial charge < -0.3 is 15.2 Å². The number of pyridine rings is 1. The lowest BCUT2D eigenvalue weighted by molar-refractivity contribution is 0.243. The number of ether oxygens (including phenoxy) is 1. The van der Waals surface area contributed by atoms with Crippen molar-refractivity contribution in [1.29, 1.82) is 0 Å². The molecule has 0 radical (unpaired) electrons. The largest absolute Gasteiger partial charge is 0.497 e. The fraction of sp³-hybridized carbons (Fsp3) is 0.235. The predicted octanol–water partition coefficient (Wildman–Crippen LogP) is 3.28. The fourth-order valence-electron chi connectivity index (χ4n) is 2.09. The topological polar surface area (TPSA) is 54.4 Å². The van der Waals surface area contributed by atoms with Gasteiger partial charge in [0.2, 0.25) is 0 Å². The van der Waals surface area contributed by atoms with E-state index in [1.54, 1.807) is 19.5 Å². The first-order valence-corrected chi connectivity index (χ1v) is 7.71. The van der Waals surface area contributed by atoms with Crippen LogP contribution in [0.15, 0.2) is 53.8 Å². The van der Waals surface area contributed by atoms with E-state index >= 15 is 0 Å². The zero-order valence-electron chi connectivity index (χ0n) is 12.4. The summed E-state index contributed by atoms with van der Waals surface area (Å²) in [6.45, 7) is 4.48. The number of aliphatic hydroxyl groups is 1. The van der Waals surface area contributed by atoms with Gasteiger partial charge in [0.1, 0.15) is 5.76 Å². The van der Waals surface area contributed by atoms with Crippen LogP contribution in [0.2, 0.25) is 0 Å². The maximum atomic E-state index is 9.55. The standard InChI is InChI=1S/C17H19BrN2O2/c1-12(22-2)13-5-6-14(16(18)8-13)10-20-17(11-21)15-4-3-7-19-9-15/h3-9,17,20-21H,1,10-11H2,2H3. The number of hydrogen-bond donors (Lipinski definition) is 2. The lowest BCUT2D eigenvalue weighted by Crippen LogP contribution is -2.24. The number of hydrogen-bond acceptors (Lipinski definition) is 4. The Morgan fingerprint density at radius 2 is 2.27 bits per heavy atom. The second-order valence-electron chi connectivity index (χ2n) is 4.84. The number of aromatic nitrogens is 1. The Hall–Kier alpha value is -1.69. The van der Waals surface area contributed by atoms with Gasteiger partial charge in [-0.1, -0.05) is 40.7 Å². The molecule has 0 amide bonds. The monoisotopic (exact) mass is 362 g/mol. The zero-order valence-corrected chi connectivity index (χ0v) is 14.0. The predicted molar refractivity (Wildman–Crippen MR) is 91.1 cm³/mol. The summed E-state index contributed by atoms with van der Waals surface area (Å²) in [5, 5.41) is 12.9. The van der Waals surface area contributed by atoms with Gasteiger partial charge >= 0.3 is 0 Å². The summed E-state index contributed by atoms with van der Waals surface area (Å²) >= 11 is 3.56. The fourth-order valence-corrected chi connectivity index (χ4v) is 2.60. The molecule has 0 aliphatic heterocycles. The molecule has 0 fully saturated rings. The third-order valence-corrected chi connectivity index (χ3v) is 4.17. The Bertz CT molecular complexity index is 632. The molecule has 1 unspecified atom stereocenters. The van der Waals surface area contributed by atoms with Crippen LogP contribution < -0.4 is 5.32 Å². The molecule has 0 saturated heterocycles. The van der Waals surface area contributed by atoms with E-state index in [1.807, 2.05) is 30.3 Å². The highest BCUT2D eigenvalue weighted by Crippen LogP contribution is 2.23. The van der Waals surface area contributed by atoms with E-state index in [-0.39, 0.29) is 12.6 Å². The van der Waals surface area contributed by atoms with Gasteiger partial charge in [-0.15, -0.1) is 0 Å². The van der Waals surface area contributed by atoms with Crippen LogP contribution in [0.5, 0.6) is 0 Å². The van der Waals surface area contributed by atoms with Crippen molar-refractivity contribution in [2.45, 2.75) is 12.6 Å². The molecular formula is C17H19BrN2O2. The average molecular weight is 363 g/mol. The Morgan fingerprint density at radius 1 is 1.45 bits per heavy atom. The number of methoxy groups -OCH3 is 1. The normalized spacial score (nSPS) is 12.0. The summed E-state index contributed by atoms with van der Waals surface area (Å²) in [5.41, 5.74) is 2.99. The van der Waals surface area contributed by atoms with Crippen molar-refractivity contribution in [1.82, 2.24) is 10.3 Å². The van der Waals surface area contributed by atoms with Crippen LogP contribution in [0.4, 0.5) is 0 Å².